The molecule has 1 aliphatic heterocycles. The van der Waals surface area contributed by atoms with Gasteiger partial charge in [-0.15, -0.1) is 0 Å². The summed E-state index contributed by atoms with van der Waals surface area (Å²) in [6.07, 6.45) is 4.81. The quantitative estimate of drug-likeness (QED) is 0.852. The highest BCUT2D eigenvalue weighted by molar-refractivity contribution is 5.93. The molecule has 0 bridgehead atoms. The molecule has 1 unspecified atom stereocenters. The molecule has 6 nitrogen and oxygen atoms in total. The van der Waals surface area contributed by atoms with E-state index in [-0.39, 0.29) is 5.91 Å². The fraction of sp³-hybridized carbons (Fsp3) is 0.591. The van der Waals surface area contributed by atoms with Crippen molar-refractivity contribution in [2.75, 3.05) is 18.4 Å². The first kappa shape index (κ1) is 20.5. The number of aryl methyl sites for hydroxylation is 1. The first-order valence-electron chi connectivity index (χ1n) is 10.3. The molecule has 1 atom stereocenters. The molecule has 2 aromatic heterocycles. The van der Waals surface area contributed by atoms with Crippen LogP contribution < -0.4 is 5.32 Å². The number of pyridine rings is 1. The molecule has 0 spiro atoms. The van der Waals surface area contributed by atoms with E-state index in [0.29, 0.717) is 12.1 Å². The van der Waals surface area contributed by atoms with Crippen molar-refractivity contribution in [2.45, 2.75) is 66.0 Å². The fourth-order valence-electron chi connectivity index (χ4n) is 3.72. The lowest BCUT2D eigenvalue weighted by atomic mass is 9.96. The van der Waals surface area contributed by atoms with Crippen LogP contribution in [0.1, 0.15) is 58.0 Å². The molecule has 1 saturated heterocycles. The molecule has 0 aliphatic carbocycles. The minimum Gasteiger partial charge on any atom is -0.310 e. The van der Waals surface area contributed by atoms with Crippen LogP contribution in [0.15, 0.2) is 30.5 Å². The summed E-state index contributed by atoms with van der Waals surface area (Å²) in [5, 5.41) is 7.54. The average molecular weight is 384 g/mol. The van der Waals surface area contributed by atoms with Gasteiger partial charge in [0.2, 0.25) is 5.91 Å². The summed E-state index contributed by atoms with van der Waals surface area (Å²) < 4.78 is 1.99. The van der Waals surface area contributed by atoms with E-state index in [0.717, 1.165) is 49.6 Å². The van der Waals surface area contributed by atoms with Gasteiger partial charge in [-0.2, -0.15) is 5.10 Å². The summed E-state index contributed by atoms with van der Waals surface area (Å²) in [5.41, 5.74) is 1.82. The van der Waals surface area contributed by atoms with Crippen LogP contribution in [0.25, 0.3) is 0 Å². The third kappa shape index (κ3) is 4.98. The van der Waals surface area contributed by atoms with E-state index in [9.17, 15) is 4.79 Å². The van der Waals surface area contributed by atoms with Crippen LogP contribution in [0.4, 0.5) is 5.82 Å². The summed E-state index contributed by atoms with van der Waals surface area (Å²) in [6, 6.07) is 8.92. The number of hydrogen-bond donors (Lipinski definition) is 1. The number of carbonyl (C=O) groups is 1. The molecule has 1 fully saturated rings. The zero-order valence-electron chi connectivity index (χ0n) is 17.8. The second-order valence-corrected chi connectivity index (χ2v) is 8.96. The molecule has 3 heterocycles. The van der Waals surface area contributed by atoms with Gasteiger partial charge in [0.05, 0.1) is 12.2 Å². The molecule has 152 valence electrons. The Hall–Kier alpha value is -2.21. The maximum atomic E-state index is 12.3. The molecule has 0 saturated carbocycles. The molecule has 0 radical (unpaired) electrons. The van der Waals surface area contributed by atoms with Crippen molar-refractivity contribution < 1.29 is 4.79 Å². The lowest BCUT2D eigenvalue weighted by Crippen LogP contribution is -2.42. The largest absolute Gasteiger partial charge is 0.310 e. The number of likely N-dealkylation sites (tertiary alicyclic amines) is 1. The summed E-state index contributed by atoms with van der Waals surface area (Å²) in [4.78, 5) is 19.5. The van der Waals surface area contributed by atoms with Crippen molar-refractivity contribution in [1.82, 2.24) is 19.7 Å². The monoisotopic (exact) mass is 383 g/mol. The van der Waals surface area contributed by atoms with Crippen LogP contribution in [0.3, 0.4) is 0 Å². The molecule has 28 heavy (non-hydrogen) atoms. The zero-order chi connectivity index (χ0) is 20.3. The van der Waals surface area contributed by atoms with Gasteiger partial charge >= 0.3 is 0 Å². The van der Waals surface area contributed by atoms with E-state index < -0.39 is 5.41 Å². The van der Waals surface area contributed by atoms with E-state index in [1.54, 1.807) is 6.20 Å². The van der Waals surface area contributed by atoms with Crippen molar-refractivity contribution in [1.29, 1.82) is 0 Å². The molecular formula is C22H33N5O. The Kier molecular flexibility index (Phi) is 6.18. The summed E-state index contributed by atoms with van der Waals surface area (Å²) in [6.45, 7) is 12.2. The van der Waals surface area contributed by atoms with Crippen LogP contribution in [-0.4, -0.2) is 44.7 Å². The number of nitrogens with zero attached hydrogens (tertiary/aromatic N) is 4. The van der Waals surface area contributed by atoms with Gasteiger partial charge in [-0.1, -0.05) is 26.8 Å². The van der Waals surface area contributed by atoms with Crippen molar-refractivity contribution in [3.8, 4) is 0 Å². The minimum absolute atomic E-state index is 0.0194. The zero-order valence-corrected chi connectivity index (χ0v) is 17.8. The van der Waals surface area contributed by atoms with Gasteiger partial charge in [-0.3, -0.25) is 9.78 Å². The number of carbonyl (C=O) groups excluding carboxylic acids is 1. The first-order chi connectivity index (χ1) is 13.2. The van der Waals surface area contributed by atoms with Crippen molar-refractivity contribution in [2.24, 2.45) is 5.41 Å². The first-order valence-corrected chi connectivity index (χ1v) is 10.3. The number of anilines is 1. The van der Waals surface area contributed by atoms with Gasteiger partial charge in [0, 0.05) is 48.4 Å². The number of aromatic nitrogens is 3. The molecule has 2 aromatic rings. The summed E-state index contributed by atoms with van der Waals surface area (Å²) in [7, 11) is 0. The van der Waals surface area contributed by atoms with Crippen LogP contribution >= 0.6 is 0 Å². The Bertz CT molecular complexity index is 799. The van der Waals surface area contributed by atoms with E-state index in [1.165, 1.54) is 0 Å². The predicted molar refractivity (Wildman–Crippen MR) is 112 cm³/mol. The van der Waals surface area contributed by atoms with Gasteiger partial charge in [0.15, 0.2) is 0 Å². The summed E-state index contributed by atoms with van der Waals surface area (Å²) >= 11 is 0. The molecule has 6 heteroatoms. The maximum Gasteiger partial charge on any atom is 0.230 e. The minimum atomic E-state index is -0.419. The number of nitrogens with one attached hydrogen (secondary N) is 1. The van der Waals surface area contributed by atoms with E-state index in [4.69, 9.17) is 0 Å². The molecular weight excluding hydrogens is 350 g/mol. The van der Waals surface area contributed by atoms with Gasteiger partial charge in [-0.25, -0.2) is 4.68 Å². The molecule has 1 aliphatic rings. The van der Waals surface area contributed by atoms with Crippen molar-refractivity contribution in [3.05, 3.63) is 41.9 Å². The molecule has 1 N–H and O–H groups in total. The van der Waals surface area contributed by atoms with Crippen LogP contribution in [0.2, 0.25) is 0 Å². The van der Waals surface area contributed by atoms with E-state index >= 15 is 0 Å². The number of piperidine rings is 1. The Balaban J connectivity index is 1.57. The smallest absolute Gasteiger partial charge is 0.230 e. The Morgan fingerprint density at radius 1 is 1.25 bits per heavy atom. The number of amides is 1. The highest BCUT2D eigenvalue weighted by Gasteiger charge is 2.27. The second-order valence-electron chi connectivity index (χ2n) is 8.96. The third-order valence-corrected chi connectivity index (χ3v) is 5.51. The SMILES string of the molecule is Cc1cccc(CC(C)N2CCC(n3nccc3NC(=O)C(C)(C)C)CC2)n1. The molecule has 3 rings (SSSR count). The number of hydrogen-bond acceptors (Lipinski definition) is 4. The van der Waals surface area contributed by atoms with E-state index in [1.807, 2.05) is 44.5 Å². The topological polar surface area (TPSA) is 63.1 Å². The maximum absolute atomic E-state index is 12.3. The normalized spacial score (nSPS) is 17.5. The molecule has 1 amide bonds. The highest BCUT2D eigenvalue weighted by atomic mass is 16.2. The number of rotatable bonds is 5. The van der Waals surface area contributed by atoms with Gasteiger partial charge in [-0.05, 0) is 38.8 Å². The lowest BCUT2D eigenvalue weighted by molar-refractivity contribution is -0.123. The van der Waals surface area contributed by atoms with Gasteiger partial charge in [0.1, 0.15) is 5.82 Å². The fourth-order valence-corrected chi connectivity index (χ4v) is 3.72. The Morgan fingerprint density at radius 3 is 2.61 bits per heavy atom. The van der Waals surface area contributed by atoms with Crippen LogP contribution in [0, 0.1) is 12.3 Å². The second kappa shape index (κ2) is 8.43. The third-order valence-electron chi connectivity index (χ3n) is 5.51. The lowest BCUT2D eigenvalue weighted by Gasteiger charge is -2.36. The van der Waals surface area contributed by atoms with Crippen molar-refractivity contribution in [3.63, 3.8) is 0 Å². The Labute approximate surface area is 168 Å². The van der Waals surface area contributed by atoms with Gasteiger partial charge < -0.3 is 10.2 Å². The van der Waals surface area contributed by atoms with Crippen LogP contribution in [-0.2, 0) is 11.2 Å². The van der Waals surface area contributed by atoms with Crippen LogP contribution in [0.5, 0.6) is 0 Å². The predicted octanol–water partition coefficient (Wildman–Crippen LogP) is 3.84. The van der Waals surface area contributed by atoms with Crippen molar-refractivity contribution >= 4 is 11.7 Å². The van der Waals surface area contributed by atoms with Gasteiger partial charge in [0.25, 0.3) is 0 Å². The van der Waals surface area contributed by atoms with E-state index in [2.05, 4.69) is 39.4 Å². The average Bonchev–Trinajstić information content (AvgIpc) is 3.09. The highest BCUT2D eigenvalue weighted by Crippen LogP contribution is 2.27. The Morgan fingerprint density at radius 2 is 1.96 bits per heavy atom. The summed E-state index contributed by atoms with van der Waals surface area (Å²) in [5.74, 6) is 0.821. The molecule has 0 aromatic carbocycles. The standard InChI is InChI=1S/C22H33N5O/c1-16-7-6-8-18(24-16)15-17(2)26-13-10-19(11-14-26)27-20(9-12-23-27)25-21(28)22(3,4)5/h6-9,12,17,19H,10-11,13-15H2,1-5H3,(H,25,28).